The molecule has 4 rings (SSSR count). The first-order valence-electron chi connectivity index (χ1n) is 9.89. The second kappa shape index (κ2) is 10.4. The normalized spacial score (nSPS) is 11.5. The number of halogens is 1. The van der Waals surface area contributed by atoms with Crippen molar-refractivity contribution in [1.82, 2.24) is 15.1 Å². The number of phosphoric ester groups is 1. The number of pyridine rings is 3. The van der Waals surface area contributed by atoms with Gasteiger partial charge in [-0.05, 0) is 51.3 Å². The Hall–Kier alpha value is -3.15. The van der Waals surface area contributed by atoms with Crippen LogP contribution in [0.3, 0.4) is 0 Å². The minimum Gasteiger partial charge on any atom is -0.473 e. The molecule has 0 spiro atoms. The lowest BCUT2D eigenvalue weighted by Gasteiger charge is -2.07. The minimum absolute atomic E-state index is 0.211. The molecule has 4 heterocycles. The number of phosphoric acid groups is 1. The van der Waals surface area contributed by atoms with Crippen molar-refractivity contribution >= 4 is 29.6 Å². The molecule has 0 bridgehead atoms. The molecule has 4 N–H and O–H groups in total. The number of hydrogen-bond acceptors (Lipinski definition) is 8. The molecule has 0 fully saturated rings. The summed E-state index contributed by atoms with van der Waals surface area (Å²) >= 11 is 3.33. The van der Waals surface area contributed by atoms with Crippen LogP contribution in [-0.2, 0) is 28.8 Å². The molecular formula is C21H20BrN5O6P+. The van der Waals surface area contributed by atoms with Crippen molar-refractivity contribution in [2.24, 2.45) is 0 Å². The molecule has 0 saturated heterocycles. The topological polar surface area (TPSA) is 158 Å². The number of rotatable bonds is 9. The van der Waals surface area contributed by atoms with E-state index in [1.165, 1.54) is 10.8 Å². The van der Waals surface area contributed by atoms with Crippen LogP contribution in [0.4, 0.5) is 5.82 Å². The zero-order valence-corrected chi connectivity index (χ0v) is 20.1. The summed E-state index contributed by atoms with van der Waals surface area (Å²) in [5, 5.41) is 4.09. The predicted octanol–water partition coefficient (Wildman–Crippen LogP) is 3.00. The van der Waals surface area contributed by atoms with E-state index >= 15 is 0 Å². The summed E-state index contributed by atoms with van der Waals surface area (Å²) in [6.45, 7) is -0.0404. The minimum atomic E-state index is -4.63. The molecule has 0 unspecified atom stereocenters. The van der Waals surface area contributed by atoms with Crippen LogP contribution in [0.2, 0.25) is 0 Å². The Morgan fingerprint density at radius 2 is 2.00 bits per heavy atom. The number of ether oxygens (including phenoxy) is 1. The molecule has 0 aliphatic rings. The smallest absolute Gasteiger partial charge is 0.472 e. The van der Waals surface area contributed by atoms with Gasteiger partial charge in [-0.1, -0.05) is 11.2 Å². The fourth-order valence-corrected chi connectivity index (χ4v) is 3.73. The van der Waals surface area contributed by atoms with E-state index < -0.39 is 14.6 Å². The third-order valence-electron chi connectivity index (χ3n) is 4.66. The Kier molecular flexibility index (Phi) is 7.35. The third kappa shape index (κ3) is 6.46. The van der Waals surface area contributed by atoms with Gasteiger partial charge >= 0.3 is 7.82 Å². The molecule has 0 amide bonds. The predicted molar refractivity (Wildman–Crippen MR) is 123 cm³/mol. The van der Waals surface area contributed by atoms with Crippen LogP contribution in [0.15, 0.2) is 70.2 Å². The highest BCUT2D eigenvalue weighted by atomic mass is 79.9. The first kappa shape index (κ1) is 24.0. The van der Waals surface area contributed by atoms with Gasteiger partial charge in [0.25, 0.3) is 5.82 Å². The molecule has 0 atom stereocenters. The molecule has 0 saturated carbocycles. The summed E-state index contributed by atoms with van der Waals surface area (Å²) in [7, 11) is -4.63. The summed E-state index contributed by atoms with van der Waals surface area (Å²) in [6.07, 6.45) is 5.41. The van der Waals surface area contributed by atoms with E-state index in [0.29, 0.717) is 35.9 Å². The summed E-state index contributed by atoms with van der Waals surface area (Å²) in [5.74, 6) is 1.12. The maximum atomic E-state index is 11.0. The Morgan fingerprint density at radius 3 is 2.74 bits per heavy atom. The van der Waals surface area contributed by atoms with E-state index in [-0.39, 0.29) is 5.82 Å². The lowest BCUT2D eigenvalue weighted by atomic mass is 10.1. The number of hydrogen-bond donors (Lipinski definition) is 3. The molecule has 0 aliphatic heterocycles. The number of nitrogen functional groups attached to an aromatic ring is 1. The van der Waals surface area contributed by atoms with Crippen LogP contribution >= 0.6 is 23.8 Å². The molecule has 34 heavy (non-hydrogen) atoms. The van der Waals surface area contributed by atoms with E-state index in [1.54, 1.807) is 36.7 Å². The van der Waals surface area contributed by atoms with Gasteiger partial charge in [0.2, 0.25) is 12.6 Å². The monoisotopic (exact) mass is 548 g/mol. The van der Waals surface area contributed by atoms with Crippen molar-refractivity contribution < 1.29 is 32.7 Å². The summed E-state index contributed by atoms with van der Waals surface area (Å²) in [5.41, 5.74) is 9.17. The average molecular weight is 549 g/mol. The maximum Gasteiger partial charge on any atom is 0.472 e. The SMILES string of the molecule is Nc1c(-c2cc(Cc3ccc(OCc4ccnc(Br)c4)nc3)no2)ccc[n+]1COP(=O)(O)O. The van der Waals surface area contributed by atoms with E-state index in [1.807, 2.05) is 18.2 Å². The lowest BCUT2D eigenvalue weighted by molar-refractivity contribution is -0.711. The molecule has 11 nitrogen and oxygen atoms in total. The summed E-state index contributed by atoms with van der Waals surface area (Å²) in [6, 6.07) is 12.5. The molecule has 176 valence electrons. The highest BCUT2D eigenvalue weighted by Gasteiger charge is 2.20. The molecule has 4 aromatic heterocycles. The lowest BCUT2D eigenvalue weighted by Crippen LogP contribution is -2.38. The van der Waals surface area contributed by atoms with Gasteiger partial charge in [0.15, 0.2) is 5.76 Å². The van der Waals surface area contributed by atoms with E-state index in [4.69, 9.17) is 24.8 Å². The van der Waals surface area contributed by atoms with Crippen LogP contribution in [0.5, 0.6) is 5.88 Å². The Bertz CT molecular complexity index is 1330. The van der Waals surface area contributed by atoms with Crippen molar-refractivity contribution in [1.29, 1.82) is 0 Å². The van der Waals surface area contributed by atoms with Crippen molar-refractivity contribution in [3.05, 3.63) is 82.5 Å². The molecule has 4 aromatic rings. The second-order valence-corrected chi connectivity index (χ2v) is 9.22. The molecule has 0 aromatic carbocycles. The average Bonchev–Trinajstić information content (AvgIpc) is 3.25. The third-order valence-corrected chi connectivity index (χ3v) is 5.55. The second-order valence-electron chi connectivity index (χ2n) is 7.17. The molecule has 13 heteroatoms. The zero-order chi connectivity index (χ0) is 24.1. The van der Waals surface area contributed by atoms with Crippen LogP contribution in [0.1, 0.15) is 16.8 Å². The van der Waals surface area contributed by atoms with Crippen molar-refractivity contribution in [3.8, 4) is 17.2 Å². The summed E-state index contributed by atoms with van der Waals surface area (Å²) in [4.78, 5) is 26.2. The Labute approximate surface area is 202 Å². The number of nitrogens with two attached hydrogens (primary N) is 1. The van der Waals surface area contributed by atoms with Crippen molar-refractivity contribution in [3.63, 3.8) is 0 Å². The Morgan fingerprint density at radius 1 is 1.15 bits per heavy atom. The molecule has 0 aliphatic carbocycles. The quantitative estimate of drug-likeness (QED) is 0.161. The highest BCUT2D eigenvalue weighted by molar-refractivity contribution is 9.10. The first-order chi connectivity index (χ1) is 16.3. The standard InChI is InChI=1S/C21H19BrN5O6P/c22-19-9-15(5-6-24-19)12-31-20-4-3-14(11-25-20)8-16-10-18(33-26-16)17-2-1-7-27(21(17)23)13-32-34(28,29)30/h1-7,9-11,23H,8,12-13H2,(H2,28,29,30)/p+1. The molecule has 0 radical (unpaired) electrons. The van der Waals surface area contributed by atoms with Crippen LogP contribution in [0.25, 0.3) is 11.3 Å². The van der Waals surface area contributed by atoms with Gasteiger partial charge in [0.05, 0.1) is 11.9 Å². The van der Waals surface area contributed by atoms with Crippen LogP contribution in [-0.4, -0.2) is 24.9 Å². The van der Waals surface area contributed by atoms with Crippen LogP contribution < -0.4 is 15.0 Å². The molecular weight excluding hydrogens is 529 g/mol. The van der Waals surface area contributed by atoms with Gasteiger partial charge in [-0.25, -0.2) is 23.6 Å². The van der Waals surface area contributed by atoms with E-state index in [9.17, 15) is 4.57 Å². The van der Waals surface area contributed by atoms with Crippen molar-refractivity contribution in [2.45, 2.75) is 19.8 Å². The zero-order valence-electron chi connectivity index (χ0n) is 17.6. The maximum absolute atomic E-state index is 11.0. The summed E-state index contributed by atoms with van der Waals surface area (Å²) < 4.78 is 28.7. The van der Waals surface area contributed by atoms with Gasteiger partial charge in [0.1, 0.15) is 16.8 Å². The number of nitrogens with zero attached hydrogens (tertiary/aromatic N) is 4. The van der Waals surface area contributed by atoms with E-state index in [0.717, 1.165) is 15.7 Å². The van der Waals surface area contributed by atoms with Gasteiger partial charge < -0.3 is 19.0 Å². The fraction of sp³-hybridized carbons (Fsp3) is 0.143. The van der Waals surface area contributed by atoms with Gasteiger partial charge in [-0.3, -0.25) is 5.73 Å². The van der Waals surface area contributed by atoms with Gasteiger partial charge in [0, 0.05) is 30.9 Å². The van der Waals surface area contributed by atoms with E-state index in [2.05, 4.69) is 35.6 Å². The fourth-order valence-electron chi connectivity index (χ4n) is 3.04. The van der Waals surface area contributed by atoms with Gasteiger partial charge in [-0.2, -0.15) is 0 Å². The number of anilines is 1. The van der Waals surface area contributed by atoms with Gasteiger partial charge in [-0.15, -0.1) is 0 Å². The number of aromatic nitrogens is 4. The van der Waals surface area contributed by atoms with Crippen molar-refractivity contribution in [2.75, 3.05) is 5.73 Å². The van der Waals surface area contributed by atoms with Crippen LogP contribution in [0, 0.1) is 0 Å². The Balaban J connectivity index is 1.40. The largest absolute Gasteiger partial charge is 0.473 e. The highest BCUT2D eigenvalue weighted by Crippen LogP contribution is 2.35. The first-order valence-corrected chi connectivity index (χ1v) is 12.2.